The van der Waals surface area contributed by atoms with E-state index >= 15 is 0 Å². The Hall–Kier alpha value is -2.63. The van der Waals surface area contributed by atoms with Crippen molar-refractivity contribution in [1.82, 2.24) is 39.2 Å². The Balaban J connectivity index is 0.832. The number of carbonyl (C=O) groups excluding carboxylic acids is 1. The third kappa shape index (κ3) is 3.89. The lowest BCUT2D eigenvalue weighted by Crippen LogP contribution is -2.75. The fraction of sp³-hybridized carbons (Fsp3) is 0.739. The largest absolute Gasteiger partial charge is 0.408 e. The van der Waals surface area contributed by atoms with Gasteiger partial charge in [-0.1, -0.05) is 0 Å². The van der Waals surface area contributed by atoms with Crippen LogP contribution < -0.4 is 0 Å². The molecule has 0 N–H and O–H groups in total. The van der Waals surface area contributed by atoms with Crippen molar-refractivity contribution in [3.63, 3.8) is 0 Å². The molecule has 3 aliphatic heterocycles. The van der Waals surface area contributed by atoms with Crippen molar-refractivity contribution in [2.24, 2.45) is 10.8 Å². The van der Waals surface area contributed by atoms with E-state index in [1.54, 1.807) is 0 Å². The summed E-state index contributed by atoms with van der Waals surface area (Å²) < 4.78 is 40.5. The predicted molar refractivity (Wildman–Crippen MR) is 117 cm³/mol. The summed E-state index contributed by atoms with van der Waals surface area (Å²) in [6.07, 6.45) is 5.15. The zero-order valence-electron chi connectivity index (χ0n) is 19.5. The lowest BCUT2D eigenvalue weighted by atomic mass is 9.60. The lowest BCUT2D eigenvalue weighted by molar-refractivity contribution is -0.142. The molecule has 2 spiro atoms. The van der Waals surface area contributed by atoms with Gasteiger partial charge in [0.25, 0.3) is 0 Å². The topological polar surface area (TPSA) is 75.3 Å². The van der Waals surface area contributed by atoms with Gasteiger partial charge in [-0.25, -0.2) is 14.5 Å². The number of amides is 2. The van der Waals surface area contributed by atoms with Crippen LogP contribution in [0.4, 0.5) is 18.0 Å². The number of carbonyl (C=O) groups is 1. The van der Waals surface area contributed by atoms with Crippen molar-refractivity contribution >= 4 is 6.03 Å². The molecule has 188 valence electrons. The molecule has 0 bridgehead atoms. The molecule has 5 heterocycles. The van der Waals surface area contributed by atoms with Gasteiger partial charge in [-0.2, -0.15) is 23.4 Å². The Kier molecular flexibility index (Phi) is 4.45. The highest BCUT2D eigenvalue weighted by Crippen LogP contribution is 2.54. The number of halogens is 3. The predicted octanol–water partition coefficient (Wildman–Crippen LogP) is 2.49. The van der Waals surface area contributed by atoms with E-state index in [4.69, 9.17) is 0 Å². The number of likely N-dealkylation sites (tertiary alicyclic amines) is 3. The second-order valence-corrected chi connectivity index (χ2v) is 11.7. The molecule has 5 aliphatic rings. The molecule has 0 aromatic carbocycles. The van der Waals surface area contributed by atoms with Crippen LogP contribution in [-0.2, 0) is 13.1 Å². The summed E-state index contributed by atoms with van der Waals surface area (Å²) in [6.45, 7) is 4.48. The first-order valence-electron chi connectivity index (χ1n) is 12.4. The maximum absolute atomic E-state index is 12.9. The van der Waals surface area contributed by atoms with Crippen molar-refractivity contribution in [2.75, 3.05) is 39.3 Å². The average molecular weight is 491 g/mol. The van der Waals surface area contributed by atoms with Gasteiger partial charge >= 0.3 is 12.2 Å². The Labute approximate surface area is 200 Å². The normalized spacial score (nSPS) is 25.3. The lowest BCUT2D eigenvalue weighted by Gasteiger charge is -2.63. The zero-order chi connectivity index (χ0) is 24.0. The number of hydrogen-bond donors (Lipinski definition) is 0. The summed E-state index contributed by atoms with van der Waals surface area (Å²) in [5, 5.41) is 8.48. The molecule has 0 radical (unpaired) electrons. The first kappa shape index (κ1) is 21.6. The minimum Gasteiger partial charge on any atom is -0.323 e. The van der Waals surface area contributed by atoms with Crippen LogP contribution in [0.25, 0.3) is 0 Å². The molecule has 0 unspecified atom stereocenters. The highest BCUT2D eigenvalue weighted by Gasteiger charge is 2.58. The summed E-state index contributed by atoms with van der Waals surface area (Å²) >= 11 is 0. The van der Waals surface area contributed by atoms with E-state index in [0.29, 0.717) is 18.5 Å². The van der Waals surface area contributed by atoms with E-state index in [-0.39, 0.29) is 16.9 Å². The molecule has 2 aromatic rings. The molecule has 7 rings (SSSR count). The quantitative estimate of drug-likeness (QED) is 0.644. The van der Waals surface area contributed by atoms with Crippen LogP contribution in [-0.4, -0.2) is 90.7 Å². The number of rotatable bonds is 5. The zero-order valence-corrected chi connectivity index (χ0v) is 19.5. The number of hydrogen-bond acceptors (Lipinski definition) is 5. The molecule has 2 aliphatic carbocycles. The second kappa shape index (κ2) is 7.21. The van der Waals surface area contributed by atoms with Crippen LogP contribution >= 0.6 is 0 Å². The Morgan fingerprint density at radius 2 is 1.71 bits per heavy atom. The van der Waals surface area contributed by atoms with Gasteiger partial charge in [-0.3, -0.25) is 9.58 Å². The van der Waals surface area contributed by atoms with Crippen molar-refractivity contribution in [2.45, 2.75) is 56.9 Å². The van der Waals surface area contributed by atoms with E-state index in [9.17, 15) is 18.0 Å². The van der Waals surface area contributed by atoms with Gasteiger partial charge < -0.3 is 9.80 Å². The number of nitrogens with zero attached hydrogens (tertiary/aromatic N) is 8. The summed E-state index contributed by atoms with van der Waals surface area (Å²) in [6, 6.07) is 0.564. The molecule has 2 aromatic heterocycles. The molecule has 12 heteroatoms. The van der Waals surface area contributed by atoms with Gasteiger partial charge in [-0.15, -0.1) is 0 Å². The fourth-order valence-electron chi connectivity index (χ4n) is 6.61. The van der Waals surface area contributed by atoms with Crippen LogP contribution in [0, 0.1) is 10.8 Å². The molecular formula is C23H29F3N8O. The number of alkyl halides is 3. The third-order valence-corrected chi connectivity index (χ3v) is 8.38. The third-order valence-electron chi connectivity index (χ3n) is 8.38. The van der Waals surface area contributed by atoms with Crippen molar-refractivity contribution in [1.29, 1.82) is 0 Å². The van der Waals surface area contributed by atoms with E-state index < -0.39 is 12.7 Å². The summed E-state index contributed by atoms with van der Waals surface area (Å²) in [4.78, 5) is 23.5. The van der Waals surface area contributed by atoms with Gasteiger partial charge in [0.1, 0.15) is 12.9 Å². The van der Waals surface area contributed by atoms with Gasteiger partial charge in [0.15, 0.2) is 5.82 Å². The molecule has 3 saturated heterocycles. The average Bonchev–Trinajstić information content (AvgIpc) is 3.24. The summed E-state index contributed by atoms with van der Waals surface area (Å²) in [5.74, 6) is 1.57. The Bertz CT molecular complexity index is 1130. The van der Waals surface area contributed by atoms with E-state index in [0.717, 1.165) is 68.2 Å². The monoisotopic (exact) mass is 490 g/mol. The fourth-order valence-corrected chi connectivity index (χ4v) is 6.61. The van der Waals surface area contributed by atoms with Gasteiger partial charge in [0, 0.05) is 74.3 Å². The SMILES string of the molecule is O=C(N1CC2(CC(n3cnc(C4CC4)n3)C2)C1)N1CC2(CN(Cc3cnn(CC(F)(F)F)c3)C2)C1. The first-order valence-corrected chi connectivity index (χ1v) is 12.4. The minimum absolute atomic E-state index is 0.147. The molecule has 35 heavy (non-hydrogen) atoms. The van der Waals surface area contributed by atoms with E-state index in [1.165, 1.54) is 25.2 Å². The molecule has 2 saturated carbocycles. The summed E-state index contributed by atoms with van der Waals surface area (Å²) in [5.41, 5.74) is 1.20. The van der Waals surface area contributed by atoms with Crippen molar-refractivity contribution in [3.8, 4) is 0 Å². The first-order chi connectivity index (χ1) is 16.7. The Morgan fingerprint density at radius 1 is 1.03 bits per heavy atom. The molecule has 2 amide bonds. The van der Waals surface area contributed by atoms with Gasteiger partial charge in [-0.05, 0) is 25.7 Å². The molecule has 9 nitrogen and oxygen atoms in total. The van der Waals surface area contributed by atoms with Crippen LogP contribution in [0.3, 0.4) is 0 Å². The maximum atomic E-state index is 12.9. The van der Waals surface area contributed by atoms with Crippen LogP contribution in [0.5, 0.6) is 0 Å². The Morgan fingerprint density at radius 3 is 2.37 bits per heavy atom. The second-order valence-electron chi connectivity index (χ2n) is 11.7. The molecule has 5 fully saturated rings. The van der Waals surface area contributed by atoms with Gasteiger partial charge in [0.05, 0.1) is 12.2 Å². The minimum atomic E-state index is -4.26. The van der Waals surface area contributed by atoms with Crippen molar-refractivity contribution < 1.29 is 18.0 Å². The van der Waals surface area contributed by atoms with Crippen molar-refractivity contribution in [3.05, 3.63) is 30.1 Å². The summed E-state index contributed by atoms with van der Waals surface area (Å²) in [7, 11) is 0. The van der Waals surface area contributed by atoms with Crippen LogP contribution in [0.2, 0.25) is 0 Å². The smallest absolute Gasteiger partial charge is 0.323 e. The standard InChI is InChI=1S/C23H29F3N8O/c24-23(25,26)14-33-7-16(5-28-33)6-30-8-22(9-30)12-32(13-22)20(35)31-10-21(11-31)3-18(4-21)34-15-27-19(29-34)17-1-2-17/h5,7,15,17-18H,1-4,6,8-14H2. The molecule has 0 atom stereocenters. The number of urea groups is 1. The van der Waals surface area contributed by atoms with E-state index in [1.807, 2.05) is 20.8 Å². The van der Waals surface area contributed by atoms with E-state index in [2.05, 4.69) is 20.1 Å². The van der Waals surface area contributed by atoms with Crippen LogP contribution in [0.1, 0.15) is 49.0 Å². The highest BCUT2D eigenvalue weighted by atomic mass is 19.4. The molecular weight excluding hydrogens is 461 g/mol. The highest BCUT2D eigenvalue weighted by molar-refractivity contribution is 5.77. The number of aromatic nitrogens is 5. The maximum Gasteiger partial charge on any atom is 0.408 e. The van der Waals surface area contributed by atoms with Gasteiger partial charge in [0.2, 0.25) is 0 Å². The van der Waals surface area contributed by atoms with Crippen LogP contribution in [0.15, 0.2) is 18.7 Å².